The van der Waals surface area contributed by atoms with E-state index in [0.29, 0.717) is 16.9 Å². The first-order valence-corrected chi connectivity index (χ1v) is 7.19. The van der Waals surface area contributed by atoms with Crippen LogP contribution in [0.5, 0.6) is 0 Å². The van der Waals surface area contributed by atoms with E-state index in [4.69, 9.17) is 23.1 Å². The number of hydrogen-bond donors (Lipinski definition) is 1. The van der Waals surface area contributed by atoms with Gasteiger partial charge in [0.2, 0.25) is 5.89 Å². The van der Waals surface area contributed by atoms with Crippen molar-refractivity contribution in [1.82, 2.24) is 4.98 Å². The summed E-state index contributed by atoms with van der Waals surface area (Å²) in [5.74, 6) is 0.356. The van der Waals surface area contributed by atoms with Crippen LogP contribution in [0.4, 0.5) is 0 Å². The fraction of sp³-hybridized carbons (Fsp3) is 0. The largest absolute Gasteiger partial charge is 0.437 e. The van der Waals surface area contributed by atoms with Crippen molar-refractivity contribution in [3.8, 4) is 11.5 Å². The average molecular weight is 324 g/mol. The third kappa shape index (κ3) is 4.62. The van der Waals surface area contributed by atoms with E-state index in [2.05, 4.69) is 4.98 Å². The van der Waals surface area contributed by atoms with Crippen LogP contribution in [-0.4, -0.2) is 9.64 Å². The molecule has 0 bridgehead atoms. The smallest absolute Gasteiger partial charge is 0.284 e. The van der Waals surface area contributed by atoms with Crippen molar-refractivity contribution in [2.24, 2.45) is 0 Å². The third-order valence-electron chi connectivity index (χ3n) is 2.55. The molecule has 3 aromatic rings. The van der Waals surface area contributed by atoms with Gasteiger partial charge < -0.3 is 4.42 Å². The normalized spacial score (nSPS) is 10.9. The standard InChI is InChI=1S/C14H9NO2.ClHO4/c16-13-11-8-4-5-9-12(11)17-14(15-13)10-6-2-1-3-7-10;2-1(3,4)5/h1-9H;(H,2,3,4,5). The van der Waals surface area contributed by atoms with Gasteiger partial charge in [-0.3, -0.25) is 4.79 Å². The molecule has 0 unspecified atom stereocenters. The molecule has 22 heavy (non-hydrogen) atoms. The summed E-state index contributed by atoms with van der Waals surface area (Å²) in [5.41, 5.74) is 1.10. The highest BCUT2D eigenvalue weighted by atomic mass is 35.7. The van der Waals surface area contributed by atoms with Crippen molar-refractivity contribution in [2.45, 2.75) is 0 Å². The Labute approximate surface area is 126 Å². The van der Waals surface area contributed by atoms with Gasteiger partial charge in [-0.1, -0.05) is 30.3 Å². The molecule has 0 aliphatic carbocycles. The number of fused-ring (bicyclic) bond motifs is 1. The molecule has 7 nitrogen and oxygen atoms in total. The lowest BCUT2D eigenvalue weighted by atomic mass is 10.2. The Morgan fingerprint density at radius 2 is 1.50 bits per heavy atom. The molecular formula is C14H10ClNO6. The van der Waals surface area contributed by atoms with Crippen molar-refractivity contribution in [3.63, 3.8) is 0 Å². The van der Waals surface area contributed by atoms with Gasteiger partial charge in [-0.15, -0.1) is 0 Å². The Morgan fingerprint density at radius 1 is 0.955 bits per heavy atom. The number of rotatable bonds is 1. The molecule has 0 saturated carbocycles. The van der Waals surface area contributed by atoms with Gasteiger partial charge in [0.25, 0.3) is 5.56 Å². The number of benzene rings is 2. The Bertz CT molecular complexity index is 807. The van der Waals surface area contributed by atoms with Gasteiger partial charge in [0.05, 0.1) is 20.3 Å². The van der Waals surface area contributed by atoms with Crippen molar-refractivity contribution in [3.05, 3.63) is 65.0 Å². The lowest BCUT2D eigenvalue weighted by molar-refractivity contribution is -1.92. The highest BCUT2D eigenvalue weighted by Crippen LogP contribution is 2.18. The van der Waals surface area contributed by atoms with Gasteiger partial charge in [-0.2, -0.15) is 19.0 Å². The monoisotopic (exact) mass is 323 g/mol. The summed E-state index contributed by atoms with van der Waals surface area (Å²) in [7, 11) is -4.69. The third-order valence-corrected chi connectivity index (χ3v) is 2.55. The van der Waals surface area contributed by atoms with Crippen LogP contribution in [0.25, 0.3) is 22.4 Å². The Morgan fingerprint density at radius 3 is 2.14 bits per heavy atom. The minimum absolute atomic E-state index is 0.259. The van der Waals surface area contributed by atoms with E-state index in [0.717, 1.165) is 5.56 Å². The van der Waals surface area contributed by atoms with E-state index in [9.17, 15) is 4.79 Å². The second-order valence-electron chi connectivity index (χ2n) is 4.08. The number of hydrogen-bond acceptors (Lipinski definition) is 7. The molecule has 0 amide bonds. The summed E-state index contributed by atoms with van der Waals surface area (Å²) >= 11 is 0. The second kappa shape index (κ2) is 6.65. The number of para-hydroxylation sites is 1. The lowest BCUT2D eigenvalue weighted by Crippen LogP contribution is -2.58. The van der Waals surface area contributed by atoms with Crippen LogP contribution in [0.2, 0.25) is 0 Å². The summed E-state index contributed by atoms with van der Waals surface area (Å²) in [6.07, 6.45) is 0. The van der Waals surface area contributed by atoms with E-state index < -0.39 is 10.2 Å². The summed E-state index contributed by atoms with van der Waals surface area (Å²) in [6.45, 7) is 0. The fourth-order valence-corrected chi connectivity index (χ4v) is 1.72. The van der Waals surface area contributed by atoms with Crippen LogP contribution in [0, 0.1) is 10.2 Å². The van der Waals surface area contributed by atoms with Crippen LogP contribution in [-0.2, 0) is 0 Å². The molecule has 8 heteroatoms. The van der Waals surface area contributed by atoms with Gasteiger partial charge in [-0.05, 0) is 24.3 Å². The molecule has 2 aromatic carbocycles. The predicted octanol–water partition coefficient (Wildman–Crippen LogP) is -1.27. The van der Waals surface area contributed by atoms with Crippen LogP contribution >= 0.6 is 0 Å². The Balaban J connectivity index is 0.000000309. The Hall–Kier alpha value is -2.29. The van der Waals surface area contributed by atoms with Crippen molar-refractivity contribution in [2.75, 3.05) is 0 Å². The quantitative estimate of drug-likeness (QED) is 0.590. The molecule has 3 rings (SSSR count). The van der Waals surface area contributed by atoms with Crippen molar-refractivity contribution in [1.29, 1.82) is 0 Å². The van der Waals surface area contributed by atoms with E-state index >= 15 is 0 Å². The van der Waals surface area contributed by atoms with Gasteiger partial charge in [0.1, 0.15) is 5.58 Å². The number of halogens is 1. The fourth-order valence-electron chi connectivity index (χ4n) is 1.72. The minimum atomic E-state index is -4.69. The molecule has 0 aliphatic heterocycles. The minimum Gasteiger partial charge on any atom is -0.437 e. The zero-order chi connectivity index (χ0) is 16.2. The number of aromatic nitrogens is 1. The maximum atomic E-state index is 11.8. The molecule has 0 saturated heterocycles. The van der Waals surface area contributed by atoms with Crippen LogP contribution in [0.15, 0.2) is 63.8 Å². The van der Waals surface area contributed by atoms with Crippen LogP contribution in [0.1, 0.15) is 0 Å². The molecule has 0 atom stereocenters. The van der Waals surface area contributed by atoms with E-state index in [1.807, 2.05) is 36.4 Å². The maximum absolute atomic E-state index is 11.8. The highest BCUT2D eigenvalue weighted by molar-refractivity contribution is 5.76. The first-order chi connectivity index (χ1) is 10.3. The van der Waals surface area contributed by atoms with E-state index in [1.54, 1.807) is 18.2 Å². The maximum Gasteiger partial charge on any atom is 0.284 e. The van der Waals surface area contributed by atoms with E-state index in [-0.39, 0.29) is 5.56 Å². The van der Waals surface area contributed by atoms with Crippen molar-refractivity contribution >= 4 is 11.0 Å². The number of nitrogens with zero attached hydrogens (tertiary/aromatic N) is 1. The summed E-state index contributed by atoms with van der Waals surface area (Å²) in [4.78, 5) is 15.8. The van der Waals surface area contributed by atoms with Gasteiger partial charge >= 0.3 is 0 Å². The van der Waals surface area contributed by atoms with Crippen LogP contribution < -0.4 is 19.5 Å². The molecule has 1 aromatic heterocycles. The first-order valence-electron chi connectivity index (χ1n) is 5.93. The summed E-state index contributed by atoms with van der Waals surface area (Å²) in [5, 5.41) is 0.507. The summed E-state index contributed by atoms with van der Waals surface area (Å²) < 4.78 is 38.3. The molecular weight excluding hydrogens is 314 g/mol. The molecule has 0 spiro atoms. The van der Waals surface area contributed by atoms with Gasteiger partial charge in [0.15, 0.2) is 0 Å². The molecule has 0 fully saturated rings. The second-order valence-corrected chi connectivity index (χ2v) is 4.87. The molecule has 114 valence electrons. The van der Waals surface area contributed by atoms with Crippen molar-refractivity contribution < 1.29 is 33.3 Å². The first kappa shape index (κ1) is 16.1. The summed E-state index contributed by atoms with van der Waals surface area (Å²) in [6, 6.07) is 16.5. The predicted molar refractivity (Wildman–Crippen MR) is 67.9 cm³/mol. The topological polar surface area (TPSA) is 133 Å². The Kier molecular flexibility index (Phi) is 4.86. The zero-order valence-electron chi connectivity index (χ0n) is 11.0. The highest BCUT2D eigenvalue weighted by Gasteiger charge is 2.06. The molecule has 0 aliphatic rings. The SMILES string of the molecule is O=c1nc(-c2ccccc2)oc2ccccc12.[O-][Cl+3]([O-])([O-])O. The average Bonchev–Trinajstić information content (AvgIpc) is 2.46. The van der Waals surface area contributed by atoms with Gasteiger partial charge in [0, 0.05) is 5.56 Å². The molecule has 1 heterocycles. The van der Waals surface area contributed by atoms with Crippen LogP contribution in [0.3, 0.4) is 0 Å². The molecule has 1 N–H and O–H groups in total. The van der Waals surface area contributed by atoms with E-state index in [1.165, 1.54) is 0 Å². The van der Waals surface area contributed by atoms with Gasteiger partial charge in [-0.25, -0.2) is 0 Å². The lowest BCUT2D eigenvalue weighted by Gasteiger charge is -2.03. The molecule has 0 radical (unpaired) electrons. The zero-order valence-corrected chi connectivity index (χ0v) is 11.8.